The highest BCUT2D eigenvalue weighted by Gasteiger charge is 2.30. The van der Waals surface area contributed by atoms with Gasteiger partial charge in [0.2, 0.25) is 0 Å². The predicted molar refractivity (Wildman–Crippen MR) is 204 cm³/mol. The van der Waals surface area contributed by atoms with E-state index in [2.05, 4.69) is 74.1 Å². The maximum absolute atomic E-state index is 5.34. The highest BCUT2D eigenvalue weighted by Crippen LogP contribution is 2.44. The zero-order valence-electron chi connectivity index (χ0n) is 27.6. The fourth-order valence-corrected chi connectivity index (χ4v) is 9.05. The molecule has 10 rings (SSSR count). The van der Waals surface area contributed by atoms with Crippen LogP contribution in [0.15, 0.2) is 84.9 Å². The second kappa shape index (κ2) is 10.8. The zero-order chi connectivity index (χ0) is 33.7. The van der Waals surface area contributed by atoms with E-state index in [0.717, 1.165) is 54.9 Å². The molecule has 2 aliphatic rings. The van der Waals surface area contributed by atoms with Gasteiger partial charge in [0, 0.05) is 74.5 Å². The van der Waals surface area contributed by atoms with E-state index in [1.807, 2.05) is 48.5 Å². The van der Waals surface area contributed by atoms with Crippen molar-refractivity contribution in [1.29, 1.82) is 0 Å². The average Bonchev–Trinajstić information content (AvgIpc) is 3.95. The number of fused-ring (bicyclic) bond motifs is 17. The van der Waals surface area contributed by atoms with Crippen LogP contribution in [0.3, 0.4) is 0 Å². The fraction of sp³-hybridized carbons (Fsp3) is 0.100. The summed E-state index contributed by atoms with van der Waals surface area (Å²) >= 11 is 3.56. The zero-order valence-corrected chi connectivity index (χ0v) is 29.2. The quantitative estimate of drug-likeness (QED) is 0.188. The van der Waals surface area contributed by atoms with E-state index < -0.39 is 0 Å². The van der Waals surface area contributed by atoms with Gasteiger partial charge in [0.1, 0.15) is 22.6 Å². The Hall–Kier alpha value is -5.84. The van der Waals surface area contributed by atoms with Crippen LogP contribution in [0.5, 0.6) is 0 Å². The summed E-state index contributed by atoms with van der Waals surface area (Å²) < 4.78 is 0. The summed E-state index contributed by atoms with van der Waals surface area (Å²) in [6, 6.07) is 29.0. The molecule has 50 heavy (non-hydrogen) atoms. The number of aromatic amines is 2. The smallest absolute Gasteiger partial charge is 0.165 e. The van der Waals surface area contributed by atoms with Gasteiger partial charge >= 0.3 is 0 Å². The number of thiophene rings is 2. The number of nitrogens with zero attached hydrogens (tertiary/aromatic N) is 6. The number of nitrogens with one attached hydrogen (secondary N) is 2. The Morgan fingerprint density at radius 1 is 0.400 bits per heavy atom. The lowest BCUT2D eigenvalue weighted by Crippen LogP contribution is -1.94. The van der Waals surface area contributed by atoms with Crippen molar-refractivity contribution in [2.75, 3.05) is 0 Å². The molecule has 8 aromatic rings. The highest BCUT2D eigenvalue weighted by molar-refractivity contribution is 7.12. The Kier molecular flexibility index (Phi) is 6.31. The van der Waals surface area contributed by atoms with Crippen molar-refractivity contribution < 1.29 is 0 Å². The molecule has 0 atom stereocenters. The van der Waals surface area contributed by atoms with Crippen molar-refractivity contribution in [3.63, 3.8) is 0 Å². The van der Waals surface area contributed by atoms with E-state index in [0.29, 0.717) is 45.9 Å². The average molecular weight is 685 g/mol. The first-order chi connectivity index (χ1) is 24.4. The normalized spacial score (nSPS) is 12.7. The third-order valence-corrected chi connectivity index (χ3v) is 11.3. The summed E-state index contributed by atoms with van der Waals surface area (Å²) in [5, 5.41) is 3.80. The third kappa shape index (κ3) is 4.42. The highest BCUT2D eigenvalue weighted by atomic mass is 32.1. The molecule has 0 saturated heterocycles. The van der Waals surface area contributed by atoms with Gasteiger partial charge in [0.05, 0.1) is 0 Å². The molecule has 0 fully saturated rings. The van der Waals surface area contributed by atoms with Crippen molar-refractivity contribution in [3.05, 3.63) is 127 Å². The molecule has 8 bridgehead atoms. The number of H-pyrrole nitrogens is 2. The number of rotatable bonds is 2. The first kappa shape index (κ1) is 29.1. The lowest BCUT2D eigenvalue weighted by Gasteiger charge is -2.07. The summed E-state index contributed by atoms with van der Waals surface area (Å²) in [4.78, 5) is 43.2. The van der Waals surface area contributed by atoms with E-state index in [9.17, 15) is 0 Å². The predicted octanol–water partition coefficient (Wildman–Crippen LogP) is 9.90. The lowest BCUT2D eigenvalue weighted by molar-refractivity contribution is 1.12. The third-order valence-electron chi connectivity index (χ3n) is 9.37. The topological polar surface area (TPSA) is 109 Å². The van der Waals surface area contributed by atoms with Crippen molar-refractivity contribution in [2.45, 2.75) is 27.7 Å². The largest absolute Gasteiger partial charge is 0.324 e. The Morgan fingerprint density at radius 2 is 0.740 bits per heavy atom. The Labute approximate surface area is 294 Å². The number of benzene rings is 3. The molecule has 0 saturated carbocycles. The van der Waals surface area contributed by atoms with Crippen LogP contribution in [0.1, 0.15) is 42.3 Å². The van der Waals surface area contributed by atoms with Crippen molar-refractivity contribution >= 4 is 78.0 Å². The van der Waals surface area contributed by atoms with Gasteiger partial charge < -0.3 is 9.97 Å². The van der Waals surface area contributed by atoms with Gasteiger partial charge in [0.15, 0.2) is 23.3 Å². The molecule has 2 N–H and O–H groups in total. The molecule has 0 radical (unpaired) electrons. The van der Waals surface area contributed by atoms with E-state index in [1.54, 1.807) is 22.7 Å². The van der Waals surface area contributed by atoms with Crippen LogP contribution in [0.4, 0.5) is 0 Å². The minimum absolute atomic E-state index is 0.593. The fourth-order valence-electron chi connectivity index (χ4n) is 7.19. The molecule has 0 unspecified atom stereocenters. The molecule has 10 heteroatoms. The van der Waals surface area contributed by atoms with Gasteiger partial charge in [-0.05, 0) is 39.8 Å². The molecule has 0 amide bonds. The number of hydrogen-bond donors (Lipinski definition) is 2. The summed E-state index contributed by atoms with van der Waals surface area (Å²) in [5.74, 6) is 2.40. The van der Waals surface area contributed by atoms with Crippen LogP contribution in [-0.2, 0) is 0 Å². The number of aryl methyl sites for hydroxylation is 4. The van der Waals surface area contributed by atoms with Crippen LogP contribution in [0.25, 0.3) is 78.1 Å². The lowest BCUT2D eigenvalue weighted by atomic mass is 9.95. The van der Waals surface area contributed by atoms with Crippen LogP contribution in [-0.4, -0.2) is 39.9 Å². The van der Waals surface area contributed by atoms with Gasteiger partial charge in [-0.2, -0.15) is 0 Å². The molecule has 5 aromatic heterocycles. The van der Waals surface area contributed by atoms with Gasteiger partial charge in [-0.3, -0.25) is 0 Å². The monoisotopic (exact) mass is 684 g/mol. The second-order valence-electron chi connectivity index (χ2n) is 12.7. The van der Waals surface area contributed by atoms with E-state index in [4.69, 9.17) is 29.9 Å². The van der Waals surface area contributed by atoms with Crippen molar-refractivity contribution in [1.82, 2.24) is 39.9 Å². The van der Waals surface area contributed by atoms with Gasteiger partial charge in [-0.15, -0.1) is 22.7 Å². The van der Waals surface area contributed by atoms with Crippen LogP contribution < -0.4 is 0 Å². The summed E-state index contributed by atoms with van der Waals surface area (Å²) in [6.07, 6.45) is 0. The van der Waals surface area contributed by atoms with Crippen molar-refractivity contribution in [2.24, 2.45) is 0 Å². The number of aromatic nitrogens is 8. The Bertz CT molecular complexity index is 2750. The maximum Gasteiger partial charge on any atom is 0.165 e. The SMILES string of the molecule is Cc1cc(C2=C(c3cc(C)sc3C)c3nc2nc2[nH]c(nc4nc(nc5[nH]c(n3)c3ccccc53)-c3ccccc3-4)c3ccccc23)c(C)s1. The molecule has 0 spiro atoms. The van der Waals surface area contributed by atoms with Crippen LogP contribution >= 0.6 is 22.7 Å². The van der Waals surface area contributed by atoms with E-state index in [-0.39, 0.29) is 0 Å². The van der Waals surface area contributed by atoms with Crippen molar-refractivity contribution in [3.8, 4) is 22.8 Å². The van der Waals surface area contributed by atoms with Crippen LogP contribution in [0, 0.1) is 27.7 Å². The summed E-state index contributed by atoms with van der Waals surface area (Å²) in [7, 11) is 0. The first-order valence-electron chi connectivity index (χ1n) is 16.4. The molecular weight excluding hydrogens is 657 g/mol. The second-order valence-corrected chi connectivity index (χ2v) is 15.6. The minimum Gasteiger partial charge on any atom is -0.324 e. The Balaban J connectivity index is 1.43. The van der Waals surface area contributed by atoms with Gasteiger partial charge in [-0.1, -0.05) is 72.8 Å². The van der Waals surface area contributed by atoms with Gasteiger partial charge in [0.25, 0.3) is 0 Å². The molecule has 2 aliphatic heterocycles. The first-order valence-corrected chi connectivity index (χ1v) is 18.0. The molecule has 240 valence electrons. The molecule has 3 aromatic carbocycles. The molecule has 0 aliphatic carbocycles. The van der Waals surface area contributed by atoms with E-state index >= 15 is 0 Å². The van der Waals surface area contributed by atoms with Crippen LogP contribution in [0.2, 0.25) is 0 Å². The molecule has 8 nitrogen and oxygen atoms in total. The standard InChI is InChI=1S/C40H28N8S2/c1-19-17-29(21(3)49-19)31-32(30-18-20(2)50-22(30)4)40-47-38-28-16-10-8-14-26(28)36(45-38)43-34-24-12-6-5-11-23(24)33(41-34)42-35-25-13-7-9-15-27(25)37(44-35)46-39(31)48-40/h5-18H,1-4H3,(H2,41,42,43,44,45,46,47,48). The van der Waals surface area contributed by atoms with Gasteiger partial charge in [-0.25, -0.2) is 29.9 Å². The maximum atomic E-state index is 5.34. The Morgan fingerprint density at radius 3 is 1.10 bits per heavy atom. The van der Waals surface area contributed by atoms with E-state index in [1.165, 1.54) is 19.5 Å². The summed E-state index contributed by atoms with van der Waals surface area (Å²) in [6.45, 7) is 8.64. The minimum atomic E-state index is 0.593. The molecule has 7 heterocycles. The number of hydrogen-bond acceptors (Lipinski definition) is 8. The molecular formula is C40H28N8S2. The summed E-state index contributed by atoms with van der Waals surface area (Å²) in [5.41, 5.74) is 8.74.